The summed E-state index contributed by atoms with van der Waals surface area (Å²) in [5.41, 5.74) is 25.2. The number of fused-ring (bicyclic) bond motifs is 10. The monoisotopic (exact) mass is 1170 g/mol. The van der Waals surface area contributed by atoms with E-state index in [0.29, 0.717) is 0 Å². The van der Waals surface area contributed by atoms with Gasteiger partial charge in [-0.05, 0) is 162 Å². The Balaban J connectivity index is 0.755. The minimum Gasteiger partial charge on any atom is -0.253 e. The van der Waals surface area contributed by atoms with Crippen molar-refractivity contribution in [3.63, 3.8) is 0 Å². The van der Waals surface area contributed by atoms with Gasteiger partial charge in [0.05, 0.1) is 66.9 Å². The van der Waals surface area contributed by atoms with Crippen molar-refractivity contribution in [1.29, 1.82) is 0 Å². The zero-order chi connectivity index (χ0) is 60.6. The summed E-state index contributed by atoms with van der Waals surface area (Å²) < 4.78 is 0. The third kappa shape index (κ3) is 9.41. The van der Waals surface area contributed by atoms with Crippen molar-refractivity contribution >= 4 is 87.2 Å². The minimum atomic E-state index is 0.827. The summed E-state index contributed by atoms with van der Waals surface area (Å²) in [4.78, 5) is 40.1. The minimum absolute atomic E-state index is 0.827. The highest BCUT2D eigenvalue weighted by Crippen LogP contribution is 2.42. The van der Waals surface area contributed by atoms with E-state index in [-0.39, 0.29) is 0 Å². The fourth-order valence-corrected chi connectivity index (χ4v) is 13.3. The Labute approximate surface area is 528 Å². The molecule has 6 aromatic heterocycles. The van der Waals surface area contributed by atoms with Crippen molar-refractivity contribution in [2.24, 2.45) is 0 Å². The molecule has 0 aliphatic carbocycles. The molecule has 0 atom stereocenters. The molecule has 0 N–H and O–H groups in total. The normalized spacial score (nSPS) is 11.7. The molecule has 6 heterocycles. The maximum absolute atomic E-state index is 5.64. The lowest BCUT2D eigenvalue weighted by atomic mass is 9.90. The van der Waals surface area contributed by atoms with E-state index in [4.69, 9.17) is 19.9 Å². The lowest BCUT2D eigenvalue weighted by molar-refractivity contribution is 1.29. The first-order valence-corrected chi connectivity index (χ1v) is 30.8. The second kappa shape index (κ2) is 21.7. The number of nitrogens with zero attached hydrogens (tertiary/aromatic N) is 8. The summed E-state index contributed by atoms with van der Waals surface area (Å²) in [6, 6.07) is 99.6. The second-order valence-electron chi connectivity index (χ2n) is 23.5. The average molecular weight is 1170 g/mol. The Morgan fingerprint density at radius 1 is 0.174 bits per heavy atom. The van der Waals surface area contributed by atoms with Crippen molar-refractivity contribution in [2.45, 2.75) is 0 Å². The predicted octanol–water partition coefficient (Wildman–Crippen LogP) is 21.1. The van der Waals surface area contributed by atoms with Crippen LogP contribution in [0.5, 0.6) is 0 Å². The van der Waals surface area contributed by atoms with Gasteiger partial charge in [-0.15, -0.1) is 0 Å². The SMILES string of the molecule is c1cc(-c2ccc3ccccc3c2)cc(-c2ccc3ccc4c(-c5cc(-c6cccc(-c7ccc8ccc9ccc(-c%10ccc(-c%11ccc%12nccnc%12c%11)cc%10)nc9c8n7)c6)c6ccccc6c5)cc(-c5cccc(-c6ccc7nccnc7c6)c5)nc4c3n2)c1. The molecule has 0 spiro atoms. The second-order valence-corrected chi connectivity index (χ2v) is 23.5. The van der Waals surface area contributed by atoms with E-state index in [2.05, 4.69) is 287 Å². The van der Waals surface area contributed by atoms with Crippen LogP contribution >= 0.6 is 0 Å². The van der Waals surface area contributed by atoms with E-state index >= 15 is 0 Å². The molecule has 0 amide bonds. The third-order valence-corrected chi connectivity index (χ3v) is 18.0. The first kappa shape index (κ1) is 52.6. The first-order valence-electron chi connectivity index (χ1n) is 30.8. The number of benzene rings is 12. The van der Waals surface area contributed by atoms with Gasteiger partial charge in [-0.1, -0.05) is 194 Å². The van der Waals surface area contributed by atoms with Crippen molar-refractivity contribution in [1.82, 2.24) is 39.9 Å². The van der Waals surface area contributed by atoms with E-state index in [9.17, 15) is 0 Å². The van der Waals surface area contributed by atoms with Crippen LogP contribution in [-0.2, 0) is 0 Å². The van der Waals surface area contributed by atoms with Gasteiger partial charge < -0.3 is 0 Å². The summed E-state index contributed by atoms with van der Waals surface area (Å²) >= 11 is 0. The fraction of sp³-hybridized carbons (Fsp3) is 0. The van der Waals surface area contributed by atoms with E-state index in [1.54, 1.807) is 24.8 Å². The molecule has 0 saturated carbocycles. The highest BCUT2D eigenvalue weighted by molar-refractivity contribution is 6.12. The van der Waals surface area contributed by atoms with Crippen LogP contribution in [-0.4, -0.2) is 39.9 Å². The molecular formula is C84H50N8. The van der Waals surface area contributed by atoms with Gasteiger partial charge in [0.1, 0.15) is 0 Å². The Bertz CT molecular complexity index is 6040. The molecule has 18 aromatic rings. The van der Waals surface area contributed by atoms with Gasteiger partial charge in [0, 0.05) is 68.6 Å². The summed E-state index contributed by atoms with van der Waals surface area (Å²) in [6.07, 6.45) is 6.93. The van der Waals surface area contributed by atoms with Crippen molar-refractivity contribution in [3.05, 3.63) is 304 Å². The zero-order valence-electron chi connectivity index (χ0n) is 49.4. The highest BCUT2D eigenvalue weighted by Gasteiger charge is 2.19. The number of rotatable bonds is 9. The quantitative estimate of drug-likeness (QED) is 0.132. The first-order chi connectivity index (χ1) is 45.5. The molecule has 92 heavy (non-hydrogen) atoms. The largest absolute Gasteiger partial charge is 0.253 e. The third-order valence-electron chi connectivity index (χ3n) is 18.0. The molecule has 18 rings (SSSR count). The highest BCUT2D eigenvalue weighted by atomic mass is 14.8. The molecule has 8 heteroatoms. The van der Waals surface area contributed by atoms with E-state index in [0.717, 1.165) is 177 Å². The smallest absolute Gasteiger partial charge is 0.0978 e. The van der Waals surface area contributed by atoms with E-state index < -0.39 is 0 Å². The number of pyridine rings is 4. The molecule has 0 aliphatic heterocycles. The summed E-state index contributed by atoms with van der Waals surface area (Å²) in [5.74, 6) is 0. The molecule has 0 saturated heterocycles. The van der Waals surface area contributed by atoms with Crippen LogP contribution in [0.1, 0.15) is 0 Å². The van der Waals surface area contributed by atoms with Crippen LogP contribution in [0.2, 0.25) is 0 Å². The van der Waals surface area contributed by atoms with E-state index in [1.165, 1.54) is 10.8 Å². The standard InChI is InChI=1S/C84H50N8/c1-2-9-57-42-60(25-20-51(57)8-1)58-11-5-14-65(43-58)74-35-29-56-26-32-70-72(50-78(92-84(70)83(56)91-74)67-16-6-12-59(44-67)62-31-37-77-80(49-62)88-41-39-86-77)68-46-63-10-3-4-17-69(63)71(47-68)64-13-7-15-66(45-64)75-34-28-55-24-23-54-27-33-73(89-81(54)82(55)90-75)53-21-18-52(19-22-53)61-30-36-76-79(48-61)87-40-38-85-76/h1-50H. The molecule has 0 aliphatic rings. The van der Waals surface area contributed by atoms with Crippen LogP contribution < -0.4 is 0 Å². The lowest BCUT2D eigenvalue weighted by Crippen LogP contribution is -1.95. The van der Waals surface area contributed by atoms with Gasteiger partial charge >= 0.3 is 0 Å². The van der Waals surface area contributed by atoms with Gasteiger partial charge in [-0.3, -0.25) is 19.9 Å². The summed E-state index contributed by atoms with van der Waals surface area (Å²) in [7, 11) is 0. The van der Waals surface area contributed by atoms with Crippen LogP contribution in [0.15, 0.2) is 304 Å². The maximum atomic E-state index is 5.64. The van der Waals surface area contributed by atoms with E-state index in [1.807, 2.05) is 12.1 Å². The molecule has 0 radical (unpaired) electrons. The number of hydrogen-bond acceptors (Lipinski definition) is 8. The fourth-order valence-electron chi connectivity index (χ4n) is 13.3. The molecular weight excluding hydrogens is 1120 g/mol. The van der Waals surface area contributed by atoms with Crippen molar-refractivity contribution in [2.75, 3.05) is 0 Å². The van der Waals surface area contributed by atoms with Crippen molar-refractivity contribution in [3.8, 4) is 101 Å². The van der Waals surface area contributed by atoms with Crippen LogP contribution in [0, 0.1) is 0 Å². The topological polar surface area (TPSA) is 103 Å². The van der Waals surface area contributed by atoms with Gasteiger partial charge in [-0.25, -0.2) is 19.9 Å². The van der Waals surface area contributed by atoms with Gasteiger partial charge in [-0.2, -0.15) is 0 Å². The Kier molecular flexibility index (Phi) is 12.4. The van der Waals surface area contributed by atoms with Gasteiger partial charge in [0.2, 0.25) is 0 Å². The summed E-state index contributed by atoms with van der Waals surface area (Å²) in [6.45, 7) is 0. The Morgan fingerprint density at radius 3 is 1.22 bits per heavy atom. The molecule has 0 unspecified atom stereocenters. The van der Waals surface area contributed by atoms with Crippen LogP contribution in [0.4, 0.5) is 0 Å². The summed E-state index contributed by atoms with van der Waals surface area (Å²) in [5, 5.41) is 8.78. The predicted molar refractivity (Wildman–Crippen MR) is 378 cm³/mol. The zero-order valence-corrected chi connectivity index (χ0v) is 49.4. The van der Waals surface area contributed by atoms with Crippen molar-refractivity contribution < 1.29 is 0 Å². The van der Waals surface area contributed by atoms with Gasteiger partial charge in [0.15, 0.2) is 0 Å². The molecule has 8 nitrogen and oxygen atoms in total. The Hall–Kier alpha value is -12.5. The lowest BCUT2D eigenvalue weighted by Gasteiger charge is -2.16. The average Bonchev–Trinajstić information content (AvgIpc) is 0.775. The molecule has 426 valence electrons. The molecule has 0 fully saturated rings. The Morgan fingerprint density at radius 2 is 0.576 bits per heavy atom. The van der Waals surface area contributed by atoms with Gasteiger partial charge in [0.25, 0.3) is 0 Å². The number of aromatic nitrogens is 8. The number of hydrogen-bond donors (Lipinski definition) is 0. The van der Waals surface area contributed by atoms with Crippen LogP contribution in [0.25, 0.3) is 188 Å². The molecule has 0 bridgehead atoms. The maximum Gasteiger partial charge on any atom is 0.0978 e. The molecule has 12 aromatic carbocycles. The van der Waals surface area contributed by atoms with Crippen LogP contribution in [0.3, 0.4) is 0 Å².